The van der Waals surface area contributed by atoms with Gasteiger partial charge in [0, 0.05) is 7.05 Å². The molecule has 0 fully saturated rings. The summed E-state index contributed by atoms with van der Waals surface area (Å²) in [6.07, 6.45) is -0.484. The predicted octanol–water partition coefficient (Wildman–Crippen LogP) is 4.41. The number of nitrogens with zero attached hydrogens (tertiary/aromatic N) is 4. The van der Waals surface area contributed by atoms with Crippen LogP contribution in [0.2, 0.25) is 0 Å². The Hall–Kier alpha value is -1.96. The zero-order chi connectivity index (χ0) is 18.9. The monoisotopic (exact) mass is 412 g/mol. The highest BCUT2D eigenvalue weighted by molar-refractivity contribution is 9.10. The molecule has 0 radical (unpaired) electrons. The molecule has 0 aliphatic carbocycles. The van der Waals surface area contributed by atoms with Crippen molar-refractivity contribution in [1.82, 2.24) is 19.7 Å². The normalized spacial score (nSPS) is 12.8. The van der Waals surface area contributed by atoms with Crippen molar-refractivity contribution in [2.75, 3.05) is 7.05 Å². The van der Waals surface area contributed by atoms with Gasteiger partial charge in [0.2, 0.25) is 0 Å². The van der Waals surface area contributed by atoms with Gasteiger partial charge in [0.25, 0.3) is 0 Å². The first-order valence-corrected chi connectivity index (χ1v) is 8.64. The maximum atomic E-state index is 14.5. The molecule has 0 aliphatic rings. The summed E-state index contributed by atoms with van der Waals surface area (Å²) in [5.41, 5.74) is -0.347. The number of benzene rings is 1. The Morgan fingerprint density at radius 3 is 2.64 bits per heavy atom. The van der Waals surface area contributed by atoms with Crippen LogP contribution in [-0.2, 0) is 4.74 Å². The van der Waals surface area contributed by atoms with Gasteiger partial charge < -0.3 is 9.64 Å². The smallest absolute Gasteiger partial charge is 0.410 e. The lowest BCUT2D eigenvalue weighted by molar-refractivity contribution is 0.0225. The number of hydrogen-bond donors (Lipinski definition) is 0. The van der Waals surface area contributed by atoms with E-state index in [1.165, 1.54) is 9.58 Å². The van der Waals surface area contributed by atoms with Crippen molar-refractivity contribution in [2.24, 2.45) is 0 Å². The van der Waals surface area contributed by atoms with E-state index in [-0.39, 0.29) is 5.69 Å². The molecule has 0 bridgehead atoms. The average molecular weight is 413 g/mol. The van der Waals surface area contributed by atoms with E-state index in [1.807, 2.05) is 0 Å². The quantitative estimate of drug-likeness (QED) is 0.748. The number of aromatic nitrogens is 3. The van der Waals surface area contributed by atoms with Crippen molar-refractivity contribution in [1.29, 1.82) is 0 Å². The highest BCUT2D eigenvalue weighted by Gasteiger charge is 2.28. The second-order valence-corrected chi connectivity index (χ2v) is 7.62. The molecule has 0 N–H and O–H groups in total. The summed E-state index contributed by atoms with van der Waals surface area (Å²) in [6.45, 7) is 8.91. The largest absolute Gasteiger partial charge is 0.444 e. The van der Waals surface area contributed by atoms with E-state index < -0.39 is 23.6 Å². The third-order valence-electron chi connectivity index (χ3n) is 3.53. The highest BCUT2D eigenvalue weighted by atomic mass is 79.9. The minimum Gasteiger partial charge on any atom is -0.444 e. The summed E-state index contributed by atoms with van der Waals surface area (Å²) < 4.78 is 21.6. The lowest BCUT2D eigenvalue weighted by Crippen LogP contribution is -2.36. The molecule has 2 aromatic rings. The van der Waals surface area contributed by atoms with Crippen molar-refractivity contribution >= 4 is 22.0 Å². The summed E-state index contributed by atoms with van der Waals surface area (Å²) in [4.78, 5) is 18.1. The van der Waals surface area contributed by atoms with Crippen LogP contribution in [0.4, 0.5) is 9.18 Å². The Labute approximate surface area is 155 Å². The number of ether oxygens (including phenoxy) is 1. The third-order valence-corrected chi connectivity index (χ3v) is 4.15. The average Bonchev–Trinajstić information content (AvgIpc) is 2.88. The molecule has 0 aliphatic heterocycles. The Bertz CT molecular complexity index is 785. The van der Waals surface area contributed by atoms with E-state index in [9.17, 15) is 9.18 Å². The van der Waals surface area contributed by atoms with E-state index in [0.717, 1.165) is 0 Å². The molecule has 0 saturated heterocycles. The van der Waals surface area contributed by atoms with Crippen LogP contribution in [0.1, 0.15) is 45.4 Å². The van der Waals surface area contributed by atoms with E-state index >= 15 is 0 Å². The SMILES string of the molecule is Cc1nc(C(C)N(C)C(=O)OC(C)(C)C)n(-c2cccc(Br)c2F)n1. The number of aryl methyl sites for hydroxylation is 1. The number of rotatable bonds is 3. The van der Waals surface area contributed by atoms with Gasteiger partial charge in [0.15, 0.2) is 11.6 Å². The molecule has 1 atom stereocenters. The highest BCUT2D eigenvalue weighted by Crippen LogP contribution is 2.26. The molecule has 1 aromatic carbocycles. The van der Waals surface area contributed by atoms with Gasteiger partial charge in [-0.15, -0.1) is 0 Å². The van der Waals surface area contributed by atoms with Gasteiger partial charge >= 0.3 is 6.09 Å². The van der Waals surface area contributed by atoms with Gasteiger partial charge in [-0.1, -0.05) is 6.07 Å². The third kappa shape index (κ3) is 4.36. The minimum absolute atomic E-state index is 0.259. The predicted molar refractivity (Wildman–Crippen MR) is 96.2 cm³/mol. The molecule has 1 heterocycles. The van der Waals surface area contributed by atoms with E-state index in [0.29, 0.717) is 16.1 Å². The topological polar surface area (TPSA) is 60.3 Å². The van der Waals surface area contributed by atoms with Gasteiger partial charge in [0.05, 0.1) is 10.5 Å². The minimum atomic E-state index is -0.606. The zero-order valence-electron chi connectivity index (χ0n) is 15.2. The standard InChI is InChI=1S/C17H22BrFN4O2/c1-10(22(6)16(24)25-17(3,4)5)15-20-11(2)21-23(15)13-9-7-8-12(18)14(13)19/h7-10H,1-6H3. The summed E-state index contributed by atoms with van der Waals surface area (Å²) in [6, 6.07) is 4.47. The second-order valence-electron chi connectivity index (χ2n) is 6.77. The lowest BCUT2D eigenvalue weighted by atomic mass is 10.2. The molecule has 6 nitrogen and oxygen atoms in total. The van der Waals surface area contributed by atoms with Crippen LogP contribution in [0.5, 0.6) is 0 Å². The van der Waals surface area contributed by atoms with Crippen LogP contribution in [-0.4, -0.2) is 38.4 Å². The molecule has 1 unspecified atom stereocenters. The van der Waals surface area contributed by atoms with Crippen LogP contribution >= 0.6 is 15.9 Å². The Morgan fingerprint density at radius 1 is 1.40 bits per heavy atom. The van der Waals surface area contributed by atoms with E-state index in [4.69, 9.17) is 4.74 Å². The van der Waals surface area contributed by atoms with Gasteiger partial charge in [-0.25, -0.2) is 18.9 Å². The molecule has 136 valence electrons. The second kappa shape index (κ2) is 7.11. The van der Waals surface area contributed by atoms with Crippen molar-refractivity contribution in [3.8, 4) is 5.69 Å². The summed E-state index contributed by atoms with van der Waals surface area (Å²) >= 11 is 3.18. The fraction of sp³-hybridized carbons (Fsp3) is 0.471. The lowest BCUT2D eigenvalue weighted by Gasteiger charge is -2.28. The number of amides is 1. The number of halogens is 2. The fourth-order valence-corrected chi connectivity index (χ4v) is 2.56. The van der Waals surface area contributed by atoms with Gasteiger partial charge in [-0.3, -0.25) is 0 Å². The van der Waals surface area contributed by atoms with Crippen LogP contribution in [0.25, 0.3) is 5.69 Å². The molecule has 8 heteroatoms. The molecule has 25 heavy (non-hydrogen) atoms. The first-order valence-electron chi connectivity index (χ1n) is 7.85. The van der Waals surface area contributed by atoms with Crippen molar-refractivity contribution in [3.63, 3.8) is 0 Å². The van der Waals surface area contributed by atoms with Crippen molar-refractivity contribution in [2.45, 2.75) is 46.3 Å². The van der Waals surface area contributed by atoms with Gasteiger partial charge in [-0.2, -0.15) is 5.10 Å². The van der Waals surface area contributed by atoms with Crippen LogP contribution in [0.3, 0.4) is 0 Å². The van der Waals surface area contributed by atoms with Crippen molar-refractivity contribution < 1.29 is 13.9 Å². The van der Waals surface area contributed by atoms with Crippen LogP contribution < -0.4 is 0 Å². The van der Waals surface area contributed by atoms with Gasteiger partial charge in [0.1, 0.15) is 17.1 Å². The summed E-state index contributed by atoms with van der Waals surface area (Å²) in [5.74, 6) is 0.488. The Morgan fingerprint density at radius 2 is 2.04 bits per heavy atom. The maximum absolute atomic E-state index is 14.5. The fourth-order valence-electron chi connectivity index (χ4n) is 2.20. The Kier molecular flexibility index (Phi) is 5.51. The Balaban J connectivity index is 2.40. The number of carbonyl (C=O) groups is 1. The van der Waals surface area contributed by atoms with Crippen molar-refractivity contribution in [3.05, 3.63) is 40.1 Å². The number of carbonyl (C=O) groups excluding carboxylic acids is 1. The molecular formula is C17H22BrFN4O2. The zero-order valence-corrected chi connectivity index (χ0v) is 16.8. The van der Waals surface area contributed by atoms with E-state index in [2.05, 4.69) is 26.0 Å². The number of hydrogen-bond acceptors (Lipinski definition) is 4. The van der Waals surface area contributed by atoms with E-state index in [1.54, 1.807) is 59.9 Å². The van der Waals surface area contributed by atoms with Crippen LogP contribution in [0.15, 0.2) is 22.7 Å². The summed E-state index contributed by atoms with van der Waals surface area (Å²) in [7, 11) is 1.62. The molecule has 0 saturated carbocycles. The van der Waals surface area contributed by atoms with Gasteiger partial charge in [-0.05, 0) is 62.7 Å². The first kappa shape index (κ1) is 19.4. The molecule has 2 rings (SSSR count). The molecule has 1 aromatic heterocycles. The first-order chi connectivity index (χ1) is 11.5. The van der Waals surface area contributed by atoms with Crippen LogP contribution in [0, 0.1) is 12.7 Å². The summed E-state index contributed by atoms with van der Waals surface area (Å²) in [5, 5.41) is 4.29. The molecule has 0 spiro atoms. The maximum Gasteiger partial charge on any atom is 0.410 e. The molecule has 1 amide bonds. The molecular weight excluding hydrogens is 391 g/mol.